The number of aliphatic hydroxyl groups excluding tert-OH is 1. The lowest BCUT2D eigenvalue weighted by Gasteiger charge is -2.10. The highest BCUT2D eigenvalue weighted by Gasteiger charge is 2.06. The smallest absolute Gasteiger partial charge is 0.323 e. The monoisotopic (exact) mass is 260 g/mol. The molecule has 2 aromatic rings. The van der Waals surface area contributed by atoms with Crippen molar-refractivity contribution in [2.75, 3.05) is 10.6 Å². The van der Waals surface area contributed by atoms with Crippen LogP contribution in [0.1, 0.15) is 5.56 Å². The topological polar surface area (TPSA) is 61.4 Å². The van der Waals surface area contributed by atoms with Gasteiger partial charge in [0.2, 0.25) is 0 Å². The highest BCUT2D eigenvalue weighted by Crippen LogP contribution is 2.15. The molecule has 0 saturated carbocycles. The van der Waals surface area contributed by atoms with E-state index in [1.165, 1.54) is 18.2 Å². The van der Waals surface area contributed by atoms with Gasteiger partial charge >= 0.3 is 6.03 Å². The van der Waals surface area contributed by atoms with Crippen LogP contribution in [0.3, 0.4) is 0 Å². The first-order valence-corrected chi connectivity index (χ1v) is 5.71. The molecular formula is C14H13FN2O2. The van der Waals surface area contributed by atoms with E-state index >= 15 is 0 Å². The lowest BCUT2D eigenvalue weighted by molar-refractivity contribution is 0.262. The molecule has 19 heavy (non-hydrogen) atoms. The maximum atomic E-state index is 13.0. The second kappa shape index (κ2) is 5.97. The zero-order chi connectivity index (χ0) is 13.7. The second-order valence-electron chi connectivity index (χ2n) is 3.90. The molecule has 0 aliphatic heterocycles. The van der Waals surface area contributed by atoms with Gasteiger partial charge in [-0.25, -0.2) is 9.18 Å². The first-order chi connectivity index (χ1) is 9.19. The van der Waals surface area contributed by atoms with Gasteiger partial charge in [-0.3, -0.25) is 0 Å². The highest BCUT2D eigenvalue weighted by atomic mass is 19.1. The minimum absolute atomic E-state index is 0.170. The van der Waals surface area contributed by atoms with Crippen molar-refractivity contribution >= 4 is 17.4 Å². The molecular weight excluding hydrogens is 247 g/mol. The zero-order valence-corrected chi connectivity index (χ0v) is 10.1. The van der Waals surface area contributed by atoms with E-state index in [9.17, 15) is 9.18 Å². The van der Waals surface area contributed by atoms with Crippen LogP contribution >= 0.6 is 0 Å². The average Bonchev–Trinajstić information content (AvgIpc) is 2.39. The van der Waals surface area contributed by atoms with E-state index in [-0.39, 0.29) is 6.61 Å². The fourth-order valence-electron chi connectivity index (χ4n) is 1.63. The van der Waals surface area contributed by atoms with Gasteiger partial charge in [-0.05, 0) is 24.3 Å². The van der Waals surface area contributed by atoms with Crippen LogP contribution in [0.4, 0.5) is 20.6 Å². The summed E-state index contributed by atoms with van der Waals surface area (Å²) < 4.78 is 13.0. The van der Waals surface area contributed by atoms with Crippen LogP contribution in [-0.2, 0) is 6.61 Å². The molecule has 0 heterocycles. The van der Waals surface area contributed by atoms with Gasteiger partial charge in [-0.1, -0.05) is 24.3 Å². The molecule has 0 atom stereocenters. The Labute approximate surface area is 109 Å². The summed E-state index contributed by atoms with van der Waals surface area (Å²) in [6, 6.07) is 12.0. The molecule has 2 aromatic carbocycles. The molecule has 0 saturated heterocycles. The van der Waals surface area contributed by atoms with Crippen molar-refractivity contribution in [3.05, 3.63) is 59.9 Å². The second-order valence-corrected chi connectivity index (χ2v) is 3.90. The van der Waals surface area contributed by atoms with Crippen LogP contribution in [0, 0.1) is 5.82 Å². The number of para-hydroxylation sites is 1. The van der Waals surface area contributed by atoms with Crippen molar-refractivity contribution in [1.82, 2.24) is 0 Å². The maximum absolute atomic E-state index is 13.0. The molecule has 0 spiro atoms. The van der Waals surface area contributed by atoms with Crippen molar-refractivity contribution in [1.29, 1.82) is 0 Å². The predicted octanol–water partition coefficient (Wildman–Crippen LogP) is 2.96. The molecule has 4 nitrogen and oxygen atoms in total. The van der Waals surface area contributed by atoms with E-state index in [4.69, 9.17) is 5.11 Å². The summed E-state index contributed by atoms with van der Waals surface area (Å²) in [5, 5.41) is 14.2. The number of nitrogens with one attached hydrogen (secondary N) is 2. The number of halogens is 1. The number of hydrogen-bond donors (Lipinski definition) is 3. The third kappa shape index (κ3) is 3.53. The number of hydrogen-bond acceptors (Lipinski definition) is 2. The fraction of sp³-hybridized carbons (Fsp3) is 0.0714. The Hall–Kier alpha value is -2.40. The van der Waals surface area contributed by atoms with Gasteiger partial charge in [0.1, 0.15) is 5.82 Å². The third-order valence-corrected chi connectivity index (χ3v) is 2.52. The molecule has 0 aliphatic rings. The first kappa shape index (κ1) is 13.0. The van der Waals surface area contributed by atoms with E-state index in [1.807, 2.05) is 0 Å². The quantitative estimate of drug-likeness (QED) is 0.794. The fourth-order valence-corrected chi connectivity index (χ4v) is 1.63. The Morgan fingerprint density at radius 1 is 1.11 bits per heavy atom. The molecule has 0 unspecified atom stereocenters. The predicted molar refractivity (Wildman–Crippen MR) is 71.4 cm³/mol. The molecule has 0 radical (unpaired) electrons. The first-order valence-electron chi connectivity index (χ1n) is 5.71. The van der Waals surface area contributed by atoms with Crippen molar-refractivity contribution in [2.45, 2.75) is 6.61 Å². The molecule has 0 aliphatic carbocycles. The molecule has 0 fully saturated rings. The van der Waals surface area contributed by atoms with Crippen LogP contribution in [0.5, 0.6) is 0 Å². The summed E-state index contributed by atoms with van der Waals surface area (Å²) in [7, 11) is 0. The number of rotatable bonds is 3. The Morgan fingerprint density at radius 3 is 2.63 bits per heavy atom. The SMILES string of the molecule is O=C(Nc1cccc(F)c1)Nc1ccccc1CO. The Balaban J connectivity index is 2.05. The van der Waals surface area contributed by atoms with Crippen LogP contribution in [-0.4, -0.2) is 11.1 Å². The van der Waals surface area contributed by atoms with Crippen LogP contribution in [0.25, 0.3) is 0 Å². The normalized spacial score (nSPS) is 10.0. The summed E-state index contributed by atoms with van der Waals surface area (Å²) in [5.74, 6) is -0.423. The molecule has 2 amide bonds. The van der Waals surface area contributed by atoms with Gasteiger partial charge in [0.15, 0.2) is 0 Å². The number of urea groups is 1. The van der Waals surface area contributed by atoms with E-state index in [2.05, 4.69) is 10.6 Å². The van der Waals surface area contributed by atoms with E-state index in [1.54, 1.807) is 30.3 Å². The van der Waals surface area contributed by atoms with Crippen LogP contribution in [0.2, 0.25) is 0 Å². The van der Waals surface area contributed by atoms with Crippen molar-refractivity contribution in [2.24, 2.45) is 0 Å². The molecule has 0 bridgehead atoms. The zero-order valence-electron chi connectivity index (χ0n) is 10.1. The van der Waals surface area contributed by atoms with E-state index < -0.39 is 11.8 Å². The largest absolute Gasteiger partial charge is 0.392 e. The van der Waals surface area contributed by atoms with Crippen molar-refractivity contribution < 1.29 is 14.3 Å². The lowest BCUT2D eigenvalue weighted by atomic mass is 10.2. The van der Waals surface area contributed by atoms with E-state index in [0.717, 1.165) is 0 Å². The molecule has 98 valence electrons. The van der Waals surface area contributed by atoms with Gasteiger partial charge in [-0.15, -0.1) is 0 Å². The molecule has 2 rings (SSSR count). The van der Waals surface area contributed by atoms with Gasteiger partial charge in [0, 0.05) is 16.9 Å². The van der Waals surface area contributed by atoms with Gasteiger partial charge in [0.05, 0.1) is 6.61 Å². The lowest BCUT2D eigenvalue weighted by Crippen LogP contribution is -2.20. The minimum Gasteiger partial charge on any atom is -0.392 e. The van der Waals surface area contributed by atoms with Crippen molar-refractivity contribution in [3.8, 4) is 0 Å². The van der Waals surface area contributed by atoms with Crippen molar-refractivity contribution in [3.63, 3.8) is 0 Å². The summed E-state index contributed by atoms with van der Waals surface area (Å²) in [5.41, 5.74) is 1.48. The average molecular weight is 260 g/mol. The maximum Gasteiger partial charge on any atom is 0.323 e. The third-order valence-electron chi connectivity index (χ3n) is 2.52. The van der Waals surface area contributed by atoms with Gasteiger partial charge < -0.3 is 15.7 Å². The van der Waals surface area contributed by atoms with Crippen LogP contribution < -0.4 is 10.6 Å². The van der Waals surface area contributed by atoms with E-state index in [0.29, 0.717) is 16.9 Å². The number of anilines is 2. The summed E-state index contributed by atoms with van der Waals surface area (Å²) in [6.07, 6.45) is 0. The number of benzene rings is 2. The number of carbonyl (C=O) groups is 1. The summed E-state index contributed by atoms with van der Waals surface area (Å²) >= 11 is 0. The Morgan fingerprint density at radius 2 is 1.89 bits per heavy atom. The standard InChI is InChI=1S/C14H13FN2O2/c15-11-5-3-6-12(8-11)16-14(19)17-13-7-2-1-4-10(13)9-18/h1-8,18H,9H2,(H2,16,17,19). The Kier molecular flexibility index (Phi) is 4.10. The summed E-state index contributed by atoms with van der Waals surface area (Å²) in [4.78, 5) is 11.7. The number of aliphatic hydroxyl groups is 1. The number of carbonyl (C=O) groups excluding carboxylic acids is 1. The minimum atomic E-state index is -0.494. The van der Waals surface area contributed by atoms with Crippen LogP contribution in [0.15, 0.2) is 48.5 Å². The van der Waals surface area contributed by atoms with Gasteiger partial charge in [-0.2, -0.15) is 0 Å². The number of amides is 2. The molecule has 5 heteroatoms. The highest BCUT2D eigenvalue weighted by molar-refractivity contribution is 6.00. The molecule has 3 N–H and O–H groups in total. The van der Waals surface area contributed by atoms with Gasteiger partial charge in [0.25, 0.3) is 0 Å². The Bertz CT molecular complexity index is 587. The summed E-state index contributed by atoms with van der Waals surface area (Å²) in [6.45, 7) is -0.170. The molecule has 0 aromatic heterocycles.